The minimum absolute atomic E-state index is 0. The molecule has 0 bridgehead atoms. The molecule has 0 saturated heterocycles. The Hall–Kier alpha value is -2.95. The molecule has 0 amide bonds. The van der Waals surface area contributed by atoms with E-state index in [1.807, 2.05) is 35.7 Å². The van der Waals surface area contributed by atoms with Crippen LogP contribution in [0.4, 0.5) is 0 Å². The number of thiophene rings is 1. The summed E-state index contributed by atoms with van der Waals surface area (Å²) in [7, 11) is -1.49. The molecule has 5 heteroatoms. The Morgan fingerprint density at radius 1 is 0.884 bits per heavy atom. The van der Waals surface area contributed by atoms with E-state index in [0.29, 0.717) is 5.92 Å². The van der Waals surface area contributed by atoms with E-state index in [2.05, 4.69) is 79.2 Å². The van der Waals surface area contributed by atoms with E-state index >= 15 is 0 Å². The Morgan fingerprint density at radius 2 is 1.70 bits per heavy atom. The van der Waals surface area contributed by atoms with E-state index in [0.717, 1.165) is 17.0 Å². The van der Waals surface area contributed by atoms with E-state index in [1.54, 1.807) is 18.2 Å². The number of nitrogens with zero attached hydrogens (tertiary/aromatic N) is 2. The molecule has 0 atom stereocenters. The molecule has 3 aromatic heterocycles. The SMILES string of the molecule is C[Si](C)(C)c1c[c-]c(-c2cc(C3CCCCC3)ccn2)c2sc3ccccc3c12.[2H]C([2H])([2H])c1ccc(-c2[c-]cccc2)nc1.[Ir]. The summed E-state index contributed by atoms with van der Waals surface area (Å²) in [5.41, 5.74) is 5.58. The molecule has 1 aliphatic rings. The van der Waals surface area contributed by atoms with Crippen LogP contribution in [0.3, 0.4) is 0 Å². The standard InChI is InChI=1S/C26H28NSSi.C12H10N.Ir/c1-29(2,3)24-14-13-20(26-25(24)21-11-7-8-12-23(21)28-26)22-17-19(15-16-27-22)18-9-5-4-6-10-18;1-10-7-8-12(13-9-10)11-5-3-2-4-6-11;/h7-8,11-12,14-18H,4-6,9-10H2,1-3H3;2-5,7-9H,1H3;/q2*-1;/i;1D3;. The van der Waals surface area contributed by atoms with Crippen molar-refractivity contribution in [2.45, 2.75) is 64.5 Å². The summed E-state index contributed by atoms with van der Waals surface area (Å²) >= 11 is 1.91. The maximum atomic E-state index is 7.23. The van der Waals surface area contributed by atoms with Crippen molar-refractivity contribution < 1.29 is 24.2 Å². The molecule has 1 fully saturated rings. The summed E-state index contributed by atoms with van der Waals surface area (Å²) in [4.78, 5) is 8.93. The predicted octanol–water partition coefficient (Wildman–Crippen LogP) is 10.4. The minimum Gasteiger partial charge on any atom is -0.305 e. The number of hydrogen-bond acceptors (Lipinski definition) is 3. The van der Waals surface area contributed by atoms with Gasteiger partial charge in [-0.3, -0.25) is 0 Å². The van der Waals surface area contributed by atoms with Crippen LogP contribution in [-0.2, 0) is 20.1 Å². The molecule has 0 aliphatic heterocycles. The molecule has 6 aromatic rings. The molecule has 0 unspecified atom stereocenters. The zero-order valence-corrected chi connectivity index (χ0v) is 29.1. The fourth-order valence-electron chi connectivity index (χ4n) is 5.93. The van der Waals surface area contributed by atoms with Crippen LogP contribution in [0, 0.1) is 19.0 Å². The van der Waals surface area contributed by atoms with Gasteiger partial charge in [-0.15, -0.1) is 58.8 Å². The quantitative estimate of drug-likeness (QED) is 0.132. The first-order valence-corrected chi connectivity index (χ1v) is 19.2. The Kier molecular flexibility index (Phi) is 8.84. The van der Waals surface area contributed by atoms with Gasteiger partial charge in [0.15, 0.2) is 0 Å². The number of benzene rings is 3. The fraction of sp³-hybridized carbons (Fsp3) is 0.263. The van der Waals surface area contributed by atoms with Gasteiger partial charge in [-0.1, -0.05) is 86.3 Å². The Labute approximate surface area is 279 Å². The van der Waals surface area contributed by atoms with E-state index in [4.69, 9.17) is 9.10 Å². The largest absolute Gasteiger partial charge is 0.305 e. The van der Waals surface area contributed by atoms with Gasteiger partial charge in [-0.2, -0.15) is 11.3 Å². The maximum absolute atomic E-state index is 7.23. The van der Waals surface area contributed by atoms with Crippen molar-refractivity contribution >= 4 is 44.8 Å². The second-order valence-electron chi connectivity index (χ2n) is 12.1. The Bertz CT molecular complexity index is 1910. The van der Waals surface area contributed by atoms with Crippen molar-refractivity contribution in [3.8, 4) is 22.5 Å². The first kappa shape index (κ1) is 27.6. The molecular formula is C38H38IrN2SSi-2. The molecule has 1 saturated carbocycles. The van der Waals surface area contributed by atoms with Crippen molar-refractivity contribution in [1.29, 1.82) is 0 Å². The summed E-state index contributed by atoms with van der Waals surface area (Å²) in [5, 5.41) is 4.35. The molecule has 1 aliphatic carbocycles. The maximum Gasteiger partial charge on any atom is 0.0300 e. The Balaban J connectivity index is 0.000000209. The average molecular weight is 778 g/mol. The summed E-state index contributed by atoms with van der Waals surface area (Å²) in [5.74, 6) is 0.699. The van der Waals surface area contributed by atoms with E-state index in [-0.39, 0.29) is 25.7 Å². The minimum atomic E-state index is -2.09. The summed E-state index contributed by atoms with van der Waals surface area (Å²) in [6.45, 7) is 5.21. The predicted molar refractivity (Wildman–Crippen MR) is 183 cm³/mol. The van der Waals surface area contributed by atoms with Gasteiger partial charge in [0.1, 0.15) is 0 Å². The average Bonchev–Trinajstić information content (AvgIpc) is 3.44. The van der Waals surface area contributed by atoms with Crippen molar-refractivity contribution in [2.75, 3.05) is 0 Å². The van der Waals surface area contributed by atoms with E-state index in [9.17, 15) is 0 Å². The number of rotatable bonds is 4. The second-order valence-corrected chi connectivity index (χ2v) is 18.2. The number of fused-ring (bicyclic) bond motifs is 3. The molecule has 1 radical (unpaired) electrons. The number of aromatic nitrogens is 2. The summed E-state index contributed by atoms with van der Waals surface area (Å²) in [6, 6.07) is 33.2. The molecule has 7 rings (SSSR count). The molecule has 43 heavy (non-hydrogen) atoms. The summed E-state index contributed by atoms with van der Waals surface area (Å²) < 4.78 is 24.4. The van der Waals surface area contributed by atoms with E-state index in [1.165, 1.54) is 74.8 Å². The van der Waals surface area contributed by atoms with Crippen LogP contribution in [0.5, 0.6) is 0 Å². The van der Waals surface area contributed by atoms with Crippen molar-refractivity contribution in [1.82, 2.24) is 9.97 Å². The molecule has 3 aromatic carbocycles. The molecule has 2 nitrogen and oxygen atoms in total. The molecule has 3 heterocycles. The van der Waals surface area contributed by atoms with Crippen LogP contribution in [-0.4, -0.2) is 18.0 Å². The molecular weight excluding hydrogens is 737 g/mol. The zero-order chi connectivity index (χ0) is 31.6. The van der Waals surface area contributed by atoms with Crippen LogP contribution < -0.4 is 5.19 Å². The monoisotopic (exact) mass is 778 g/mol. The molecule has 221 valence electrons. The van der Waals surface area contributed by atoms with Gasteiger partial charge >= 0.3 is 0 Å². The van der Waals surface area contributed by atoms with Crippen molar-refractivity contribution in [2.24, 2.45) is 0 Å². The van der Waals surface area contributed by atoms with Gasteiger partial charge in [0.05, 0.1) is 0 Å². The van der Waals surface area contributed by atoms with Gasteiger partial charge < -0.3 is 9.97 Å². The second kappa shape index (κ2) is 13.8. The van der Waals surface area contributed by atoms with Gasteiger partial charge in [-0.25, -0.2) is 0 Å². The third-order valence-corrected chi connectivity index (χ3v) is 11.3. The van der Waals surface area contributed by atoms with Gasteiger partial charge in [-0.05, 0) is 64.8 Å². The first-order chi connectivity index (χ1) is 21.6. The van der Waals surface area contributed by atoms with Crippen LogP contribution in [0.15, 0.2) is 91.3 Å². The topological polar surface area (TPSA) is 25.8 Å². The molecule has 0 spiro atoms. The third-order valence-electron chi connectivity index (χ3n) is 8.13. The number of pyridine rings is 2. The van der Waals surface area contributed by atoms with Crippen LogP contribution in [0.1, 0.15) is 53.3 Å². The molecule has 0 N–H and O–H groups in total. The van der Waals surface area contributed by atoms with Gasteiger partial charge in [0.2, 0.25) is 0 Å². The third kappa shape index (κ3) is 7.07. The van der Waals surface area contributed by atoms with Crippen LogP contribution >= 0.6 is 11.3 Å². The van der Waals surface area contributed by atoms with Crippen LogP contribution in [0.2, 0.25) is 19.6 Å². The van der Waals surface area contributed by atoms with Crippen molar-refractivity contribution in [3.63, 3.8) is 0 Å². The van der Waals surface area contributed by atoms with E-state index < -0.39 is 14.9 Å². The smallest absolute Gasteiger partial charge is 0.0300 e. The van der Waals surface area contributed by atoms with Gasteiger partial charge in [0.25, 0.3) is 0 Å². The summed E-state index contributed by atoms with van der Waals surface area (Å²) in [6.07, 6.45) is 10.2. The van der Waals surface area contributed by atoms with Crippen molar-refractivity contribution in [3.05, 3.63) is 115 Å². The van der Waals surface area contributed by atoms with Crippen LogP contribution in [0.25, 0.3) is 42.7 Å². The zero-order valence-electron chi connectivity index (χ0n) is 27.9. The normalized spacial score (nSPS) is 15.1. The first-order valence-electron chi connectivity index (χ1n) is 16.4. The number of aryl methyl sites for hydroxylation is 1. The number of hydrogen-bond donors (Lipinski definition) is 0. The van der Waals surface area contributed by atoms with Gasteiger partial charge in [0, 0.05) is 49.4 Å². The Morgan fingerprint density at radius 3 is 2.42 bits per heavy atom. The fourth-order valence-corrected chi connectivity index (χ4v) is 8.77.